The van der Waals surface area contributed by atoms with E-state index in [1.807, 2.05) is 16.7 Å². The SMILES string of the molecule is COc1cc(CN2CCc3nnc(CNS(=O)(=O)C(C)C)n3CC2)cc(OC)c1OC. The number of hydrogen-bond donors (Lipinski definition) is 1. The molecule has 0 saturated heterocycles. The van der Waals surface area contributed by atoms with Crippen LogP contribution in [0.1, 0.15) is 31.1 Å². The molecule has 0 unspecified atom stereocenters. The molecule has 31 heavy (non-hydrogen) atoms. The highest BCUT2D eigenvalue weighted by Gasteiger charge is 2.22. The van der Waals surface area contributed by atoms with E-state index in [0.717, 1.165) is 30.9 Å². The van der Waals surface area contributed by atoms with Crippen LogP contribution in [0, 0.1) is 0 Å². The highest BCUT2D eigenvalue weighted by molar-refractivity contribution is 7.90. The van der Waals surface area contributed by atoms with Crippen LogP contribution >= 0.6 is 0 Å². The van der Waals surface area contributed by atoms with Gasteiger partial charge >= 0.3 is 0 Å². The number of sulfonamides is 1. The largest absolute Gasteiger partial charge is 0.493 e. The molecule has 1 aliphatic rings. The zero-order chi connectivity index (χ0) is 22.6. The number of benzene rings is 1. The molecule has 1 aromatic heterocycles. The van der Waals surface area contributed by atoms with Gasteiger partial charge in [0.25, 0.3) is 0 Å². The van der Waals surface area contributed by atoms with Crippen LogP contribution in [-0.2, 0) is 36.1 Å². The van der Waals surface area contributed by atoms with Crippen molar-refractivity contribution in [2.45, 2.75) is 45.2 Å². The molecule has 1 aromatic carbocycles. The normalized spacial score (nSPS) is 14.9. The molecule has 0 spiro atoms. The summed E-state index contributed by atoms with van der Waals surface area (Å²) in [5, 5.41) is 7.98. The summed E-state index contributed by atoms with van der Waals surface area (Å²) in [5.74, 6) is 3.33. The van der Waals surface area contributed by atoms with Crippen LogP contribution in [0.3, 0.4) is 0 Å². The van der Waals surface area contributed by atoms with Crippen molar-refractivity contribution in [2.24, 2.45) is 0 Å². The minimum atomic E-state index is -3.36. The number of ether oxygens (including phenoxy) is 3. The fourth-order valence-electron chi connectivity index (χ4n) is 3.53. The fraction of sp³-hybridized carbons (Fsp3) is 0.600. The fourth-order valence-corrected chi connectivity index (χ4v) is 4.20. The molecule has 0 aliphatic carbocycles. The summed E-state index contributed by atoms with van der Waals surface area (Å²) in [5.41, 5.74) is 1.05. The van der Waals surface area contributed by atoms with E-state index in [0.29, 0.717) is 36.2 Å². The van der Waals surface area contributed by atoms with Crippen LogP contribution in [0.25, 0.3) is 0 Å². The van der Waals surface area contributed by atoms with Gasteiger partial charge in [0.2, 0.25) is 15.8 Å². The molecule has 1 aliphatic heterocycles. The van der Waals surface area contributed by atoms with Crippen LogP contribution in [-0.4, -0.2) is 67.8 Å². The average Bonchev–Trinajstić information content (AvgIpc) is 3.03. The summed E-state index contributed by atoms with van der Waals surface area (Å²) in [6, 6.07) is 3.91. The third-order valence-corrected chi connectivity index (χ3v) is 7.17. The third-order valence-electron chi connectivity index (χ3n) is 5.38. The summed E-state index contributed by atoms with van der Waals surface area (Å²) in [7, 11) is 1.44. The molecule has 3 rings (SSSR count). The van der Waals surface area contributed by atoms with Gasteiger partial charge in [-0.15, -0.1) is 10.2 Å². The Labute approximate surface area is 183 Å². The maximum absolute atomic E-state index is 12.1. The Morgan fingerprint density at radius 1 is 1.03 bits per heavy atom. The minimum absolute atomic E-state index is 0.139. The Morgan fingerprint density at radius 2 is 1.71 bits per heavy atom. The van der Waals surface area contributed by atoms with Crippen molar-refractivity contribution in [1.82, 2.24) is 24.4 Å². The van der Waals surface area contributed by atoms with Crippen molar-refractivity contribution in [2.75, 3.05) is 34.4 Å². The first-order valence-electron chi connectivity index (χ1n) is 10.2. The van der Waals surface area contributed by atoms with E-state index < -0.39 is 15.3 Å². The summed E-state index contributed by atoms with van der Waals surface area (Å²) < 4.78 is 45.1. The van der Waals surface area contributed by atoms with E-state index in [9.17, 15) is 8.42 Å². The maximum atomic E-state index is 12.1. The van der Waals surface area contributed by atoms with Gasteiger partial charge in [-0.1, -0.05) is 0 Å². The Hall–Kier alpha value is -2.37. The zero-order valence-electron chi connectivity index (χ0n) is 18.7. The second-order valence-electron chi connectivity index (χ2n) is 7.66. The molecule has 0 bridgehead atoms. The zero-order valence-corrected chi connectivity index (χ0v) is 19.5. The minimum Gasteiger partial charge on any atom is -0.493 e. The topological polar surface area (TPSA) is 108 Å². The van der Waals surface area contributed by atoms with E-state index in [1.54, 1.807) is 35.2 Å². The molecule has 2 aromatic rings. The van der Waals surface area contributed by atoms with Gasteiger partial charge < -0.3 is 18.8 Å². The van der Waals surface area contributed by atoms with E-state index >= 15 is 0 Å². The average molecular weight is 454 g/mol. The molecular weight excluding hydrogens is 422 g/mol. The van der Waals surface area contributed by atoms with Crippen molar-refractivity contribution in [1.29, 1.82) is 0 Å². The number of methoxy groups -OCH3 is 3. The van der Waals surface area contributed by atoms with E-state index in [4.69, 9.17) is 14.2 Å². The van der Waals surface area contributed by atoms with Crippen molar-refractivity contribution < 1.29 is 22.6 Å². The number of hydrogen-bond acceptors (Lipinski definition) is 8. The Bertz CT molecular complexity index is 980. The molecule has 11 heteroatoms. The number of nitrogens with one attached hydrogen (secondary N) is 1. The standard InChI is InChI=1S/C20H31N5O5S/c1-14(2)31(26,27)21-12-19-23-22-18-6-7-24(8-9-25(18)19)13-15-10-16(28-3)20(30-5)17(11-15)29-4/h10-11,14,21H,6-9,12-13H2,1-5H3. The van der Waals surface area contributed by atoms with Crippen molar-refractivity contribution in [3.05, 3.63) is 29.3 Å². The first kappa shape index (κ1) is 23.3. The molecule has 10 nitrogen and oxygen atoms in total. The van der Waals surface area contributed by atoms with Crippen LogP contribution in [0.2, 0.25) is 0 Å². The van der Waals surface area contributed by atoms with Crippen LogP contribution in [0.4, 0.5) is 0 Å². The quantitative estimate of drug-likeness (QED) is 0.603. The van der Waals surface area contributed by atoms with Gasteiger partial charge in [-0.25, -0.2) is 13.1 Å². The molecular formula is C20H31N5O5S. The third kappa shape index (κ3) is 5.28. The summed E-state index contributed by atoms with van der Waals surface area (Å²) in [6.07, 6.45) is 0.731. The van der Waals surface area contributed by atoms with E-state index in [2.05, 4.69) is 19.8 Å². The van der Waals surface area contributed by atoms with Crippen molar-refractivity contribution >= 4 is 10.0 Å². The number of fused-ring (bicyclic) bond motifs is 1. The molecule has 0 fully saturated rings. The summed E-state index contributed by atoms with van der Waals surface area (Å²) in [6.45, 7) is 6.43. The predicted molar refractivity (Wildman–Crippen MR) is 116 cm³/mol. The van der Waals surface area contributed by atoms with Gasteiger partial charge in [-0.05, 0) is 31.5 Å². The smallest absolute Gasteiger partial charge is 0.214 e. The molecule has 0 atom stereocenters. The van der Waals surface area contributed by atoms with Gasteiger partial charge in [-0.2, -0.15) is 0 Å². The van der Waals surface area contributed by atoms with E-state index in [1.165, 1.54) is 0 Å². The van der Waals surface area contributed by atoms with Crippen molar-refractivity contribution in [3.63, 3.8) is 0 Å². The maximum Gasteiger partial charge on any atom is 0.214 e. The molecule has 0 amide bonds. The lowest BCUT2D eigenvalue weighted by Crippen LogP contribution is -2.31. The second-order valence-corrected chi connectivity index (χ2v) is 9.98. The van der Waals surface area contributed by atoms with Gasteiger partial charge in [0, 0.05) is 32.6 Å². The number of aromatic nitrogens is 3. The lowest BCUT2D eigenvalue weighted by molar-refractivity contribution is 0.268. The van der Waals surface area contributed by atoms with Gasteiger partial charge in [0.05, 0.1) is 33.1 Å². The Kier molecular flexibility index (Phi) is 7.39. The summed E-state index contributed by atoms with van der Waals surface area (Å²) in [4.78, 5) is 2.32. The van der Waals surface area contributed by atoms with Crippen molar-refractivity contribution in [3.8, 4) is 17.2 Å². The highest BCUT2D eigenvalue weighted by Crippen LogP contribution is 2.38. The van der Waals surface area contributed by atoms with Gasteiger partial charge in [0.1, 0.15) is 11.6 Å². The highest BCUT2D eigenvalue weighted by atomic mass is 32.2. The molecule has 172 valence electrons. The number of nitrogens with zero attached hydrogens (tertiary/aromatic N) is 4. The first-order valence-corrected chi connectivity index (χ1v) is 11.7. The first-order chi connectivity index (χ1) is 14.8. The molecule has 0 saturated carbocycles. The molecule has 0 radical (unpaired) electrons. The molecule has 2 heterocycles. The van der Waals surface area contributed by atoms with Gasteiger partial charge in [0.15, 0.2) is 11.5 Å². The van der Waals surface area contributed by atoms with Crippen LogP contribution < -0.4 is 18.9 Å². The Morgan fingerprint density at radius 3 is 2.29 bits per heavy atom. The lowest BCUT2D eigenvalue weighted by Gasteiger charge is -2.21. The lowest BCUT2D eigenvalue weighted by atomic mass is 10.1. The number of rotatable bonds is 9. The Balaban J connectivity index is 1.70. The van der Waals surface area contributed by atoms with Gasteiger partial charge in [-0.3, -0.25) is 4.90 Å². The summed E-state index contributed by atoms with van der Waals surface area (Å²) >= 11 is 0. The second kappa shape index (κ2) is 9.84. The monoisotopic (exact) mass is 453 g/mol. The molecule has 1 N–H and O–H groups in total. The van der Waals surface area contributed by atoms with E-state index in [-0.39, 0.29) is 6.54 Å². The van der Waals surface area contributed by atoms with Crippen LogP contribution in [0.5, 0.6) is 17.2 Å². The predicted octanol–water partition coefficient (Wildman–Crippen LogP) is 1.19. The van der Waals surface area contributed by atoms with Crippen LogP contribution in [0.15, 0.2) is 12.1 Å².